The van der Waals surface area contributed by atoms with E-state index in [1.165, 1.54) is 0 Å². The number of piperidine rings is 1. The summed E-state index contributed by atoms with van der Waals surface area (Å²) in [6.07, 6.45) is 4.92. The number of carbonyl (C=O) groups excluding carboxylic acids is 1. The Balaban J connectivity index is 2.40. The van der Waals surface area contributed by atoms with E-state index in [9.17, 15) is 9.59 Å². The lowest BCUT2D eigenvalue weighted by atomic mass is 9.94. The highest BCUT2D eigenvalue weighted by atomic mass is 16.4. The van der Waals surface area contributed by atoms with Crippen molar-refractivity contribution in [1.29, 1.82) is 0 Å². The molecule has 1 atom stereocenters. The fourth-order valence-electron chi connectivity index (χ4n) is 2.09. The average molecular weight is 225 g/mol. The summed E-state index contributed by atoms with van der Waals surface area (Å²) >= 11 is 0. The standard InChI is InChI=1S/C12H19NO3/c1-2-3-6-11(14)13-7-4-5-10(9-13)8-12(15)16/h2,10H,1,3-9H2,(H,15,16). The molecule has 90 valence electrons. The van der Waals surface area contributed by atoms with Crippen LogP contribution in [-0.2, 0) is 9.59 Å². The molecule has 1 heterocycles. The maximum absolute atomic E-state index is 11.7. The van der Waals surface area contributed by atoms with Gasteiger partial charge in [-0.2, -0.15) is 0 Å². The maximum atomic E-state index is 11.7. The van der Waals surface area contributed by atoms with Crippen LogP contribution in [0.2, 0.25) is 0 Å². The van der Waals surface area contributed by atoms with Gasteiger partial charge < -0.3 is 10.0 Å². The lowest BCUT2D eigenvalue weighted by Crippen LogP contribution is -2.40. The van der Waals surface area contributed by atoms with Crippen LogP contribution in [0.1, 0.15) is 32.1 Å². The Morgan fingerprint density at radius 1 is 1.50 bits per heavy atom. The number of allylic oxidation sites excluding steroid dienone is 1. The third-order valence-corrected chi connectivity index (χ3v) is 2.90. The second kappa shape index (κ2) is 6.30. The van der Waals surface area contributed by atoms with E-state index >= 15 is 0 Å². The first-order valence-electron chi connectivity index (χ1n) is 5.74. The second-order valence-electron chi connectivity index (χ2n) is 4.27. The van der Waals surface area contributed by atoms with Gasteiger partial charge in [0.2, 0.25) is 5.91 Å². The Morgan fingerprint density at radius 2 is 2.25 bits per heavy atom. The molecule has 1 N–H and O–H groups in total. The normalized spacial score (nSPS) is 20.5. The summed E-state index contributed by atoms with van der Waals surface area (Å²) < 4.78 is 0. The van der Waals surface area contributed by atoms with Gasteiger partial charge in [-0.25, -0.2) is 0 Å². The molecule has 1 fully saturated rings. The van der Waals surface area contributed by atoms with E-state index in [0.717, 1.165) is 19.4 Å². The largest absolute Gasteiger partial charge is 0.481 e. The molecule has 1 unspecified atom stereocenters. The van der Waals surface area contributed by atoms with Gasteiger partial charge in [0.1, 0.15) is 0 Å². The Kier molecular flexibility index (Phi) is 5.02. The molecule has 16 heavy (non-hydrogen) atoms. The fraction of sp³-hybridized carbons (Fsp3) is 0.667. The number of carboxylic acids is 1. The number of hydrogen-bond donors (Lipinski definition) is 1. The minimum atomic E-state index is -0.773. The number of aliphatic carboxylic acids is 1. The topological polar surface area (TPSA) is 57.6 Å². The van der Waals surface area contributed by atoms with Crippen molar-refractivity contribution in [1.82, 2.24) is 4.90 Å². The third kappa shape index (κ3) is 4.04. The molecule has 1 rings (SSSR count). The quantitative estimate of drug-likeness (QED) is 0.724. The van der Waals surface area contributed by atoms with Crippen molar-refractivity contribution in [3.8, 4) is 0 Å². The number of rotatable bonds is 5. The number of amides is 1. The summed E-state index contributed by atoms with van der Waals surface area (Å²) in [5, 5.41) is 8.72. The Bertz CT molecular complexity index is 275. The Morgan fingerprint density at radius 3 is 2.88 bits per heavy atom. The molecule has 0 aromatic rings. The van der Waals surface area contributed by atoms with Crippen LogP contribution in [0, 0.1) is 5.92 Å². The molecule has 0 aromatic carbocycles. The van der Waals surface area contributed by atoms with Crippen molar-refractivity contribution >= 4 is 11.9 Å². The van der Waals surface area contributed by atoms with E-state index < -0.39 is 5.97 Å². The molecular formula is C12H19NO3. The van der Waals surface area contributed by atoms with Gasteiger partial charge in [0.15, 0.2) is 0 Å². The number of carboxylic acid groups (broad SMARTS) is 1. The Labute approximate surface area is 95.9 Å². The molecule has 0 aromatic heterocycles. The fourth-order valence-corrected chi connectivity index (χ4v) is 2.09. The summed E-state index contributed by atoms with van der Waals surface area (Å²) in [6, 6.07) is 0. The summed E-state index contributed by atoms with van der Waals surface area (Å²) in [7, 11) is 0. The number of carbonyl (C=O) groups is 2. The van der Waals surface area contributed by atoms with Crippen LogP contribution in [-0.4, -0.2) is 35.0 Å². The van der Waals surface area contributed by atoms with Crippen molar-refractivity contribution in [2.45, 2.75) is 32.1 Å². The van der Waals surface area contributed by atoms with Gasteiger partial charge in [0, 0.05) is 25.9 Å². The maximum Gasteiger partial charge on any atom is 0.303 e. The van der Waals surface area contributed by atoms with Gasteiger partial charge in [-0.3, -0.25) is 9.59 Å². The summed E-state index contributed by atoms with van der Waals surface area (Å²) in [5.74, 6) is -0.528. The van der Waals surface area contributed by atoms with Crippen LogP contribution in [0.3, 0.4) is 0 Å². The number of likely N-dealkylation sites (tertiary alicyclic amines) is 1. The highest BCUT2D eigenvalue weighted by molar-refractivity contribution is 5.76. The van der Waals surface area contributed by atoms with Gasteiger partial charge in [-0.15, -0.1) is 6.58 Å². The van der Waals surface area contributed by atoms with E-state index in [1.807, 2.05) is 0 Å². The molecule has 0 aliphatic carbocycles. The van der Waals surface area contributed by atoms with Gasteiger partial charge in [0.25, 0.3) is 0 Å². The molecule has 0 saturated carbocycles. The monoisotopic (exact) mass is 225 g/mol. The average Bonchev–Trinajstić information content (AvgIpc) is 2.25. The van der Waals surface area contributed by atoms with Crippen molar-refractivity contribution in [3.05, 3.63) is 12.7 Å². The first kappa shape index (κ1) is 12.7. The van der Waals surface area contributed by atoms with Crippen LogP contribution in [0.15, 0.2) is 12.7 Å². The van der Waals surface area contributed by atoms with Gasteiger partial charge in [-0.1, -0.05) is 6.08 Å². The van der Waals surface area contributed by atoms with E-state index in [4.69, 9.17) is 5.11 Å². The van der Waals surface area contributed by atoms with Gasteiger partial charge >= 0.3 is 5.97 Å². The molecule has 4 heteroatoms. The molecule has 0 radical (unpaired) electrons. The van der Waals surface area contributed by atoms with Crippen molar-refractivity contribution in [2.75, 3.05) is 13.1 Å². The lowest BCUT2D eigenvalue weighted by molar-refractivity contribution is -0.140. The van der Waals surface area contributed by atoms with Crippen LogP contribution in [0.5, 0.6) is 0 Å². The highest BCUT2D eigenvalue weighted by Gasteiger charge is 2.24. The molecule has 0 spiro atoms. The second-order valence-corrected chi connectivity index (χ2v) is 4.27. The van der Waals surface area contributed by atoms with Gasteiger partial charge in [0.05, 0.1) is 0 Å². The smallest absolute Gasteiger partial charge is 0.303 e. The summed E-state index contributed by atoms with van der Waals surface area (Å²) in [5.41, 5.74) is 0. The summed E-state index contributed by atoms with van der Waals surface area (Å²) in [4.78, 5) is 24.1. The van der Waals surface area contributed by atoms with E-state index in [2.05, 4.69) is 6.58 Å². The molecule has 1 aliphatic heterocycles. The minimum absolute atomic E-state index is 0.120. The first-order chi connectivity index (χ1) is 7.63. The zero-order chi connectivity index (χ0) is 12.0. The van der Waals surface area contributed by atoms with Crippen LogP contribution < -0.4 is 0 Å². The summed E-state index contributed by atoms with van der Waals surface area (Å²) in [6.45, 7) is 4.95. The van der Waals surface area contributed by atoms with Crippen molar-refractivity contribution in [3.63, 3.8) is 0 Å². The molecular weight excluding hydrogens is 206 g/mol. The van der Waals surface area contributed by atoms with E-state index in [0.29, 0.717) is 19.4 Å². The minimum Gasteiger partial charge on any atom is -0.481 e. The zero-order valence-electron chi connectivity index (χ0n) is 9.52. The molecule has 1 saturated heterocycles. The number of hydrogen-bond acceptors (Lipinski definition) is 2. The first-order valence-corrected chi connectivity index (χ1v) is 5.74. The molecule has 1 aliphatic rings. The van der Waals surface area contributed by atoms with E-state index in [-0.39, 0.29) is 18.2 Å². The lowest BCUT2D eigenvalue weighted by Gasteiger charge is -2.32. The predicted molar refractivity (Wildman–Crippen MR) is 61.0 cm³/mol. The molecule has 1 amide bonds. The number of nitrogens with zero attached hydrogens (tertiary/aromatic N) is 1. The zero-order valence-corrected chi connectivity index (χ0v) is 9.52. The Hall–Kier alpha value is -1.32. The van der Waals surface area contributed by atoms with Crippen molar-refractivity contribution in [2.24, 2.45) is 5.92 Å². The van der Waals surface area contributed by atoms with Crippen molar-refractivity contribution < 1.29 is 14.7 Å². The molecule has 0 bridgehead atoms. The third-order valence-electron chi connectivity index (χ3n) is 2.90. The SMILES string of the molecule is C=CCCC(=O)N1CCCC(CC(=O)O)C1. The van der Waals surface area contributed by atoms with E-state index in [1.54, 1.807) is 11.0 Å². The highest BCUT2D eigenvalue weighted by Crippen LogP contribution is 2.20. The van der Waals surface area contributed by atoms with Crippen LogP contribution >= 0.6 is 0 Å². The van der Waals surface area contributed by atoms with Crippen LogP contribution in [0.25, 0.3) is 0 Å². The van der Waals surface area contributed by atoms with Crippen LogP contribution in [0.4, 0.5) is 0 Å². The molecule has 4 nitrogen and oxygen atoms in total. The van der Waals surface area contributed by atoms with Gasteiger partial charge in [-0.05, 0) is 25.2 Å². The predicted octanol–water partition coefficient (Wildman–Crippen LogP) is 1.67.